The van der Waals surface area contributed by atoms with Crippen LogP contribution in [0.25, 0.3) is 11.1 Å². The van der Waals surface area contributed by atoms with Gasteiger partial charge in [-0.3, -0.25) is 4.79 Å². The van der Waals surface area contributed by atoms with Crippen LogP contribution in [0.2, 0.25) is 0 Å². The van der Waals surface area contributed by atoms with E-state index in [1.165, 1.54) is 0 Å². The molecule has 0 spiro atoms. The highest BCUT2D eigenvalue weighted by atomic mass is 16.5. The van der Waals surface area contributed by atoms with Crippen molar-refractivity contribution in [3.63, 3.8) is 0 Å². The number of fused-ring (bicyclic) bond motifs is 1. The lowest BCUT2D eigenvalue weighted by molar-refractivity contribution is -0.147. The van der Waals surface area contributed by atoms with E-state index in [-0.39, 0.29) is 11.8 Å². The average molecular weight is 261 g/mol. The zero-order valence-electron chi connectivity index (χ0n) is 10.6. The van der Waals surface area contributed by atoms with E-state index in [0.29, 0.717) is 11.5 Å². The molecule has 3 rings (SSSR count). The molecule has 2 unspecified atom stereocenters. The molecular formula is C14H15NO4. The average Bonchev–Trinajstić information content (AvgIpc) is 2.76. The van der Waals surface area contributed by atoms with E-state index in [0.717, 1.165) is 30.2 Å². The predicted molar refractivity (Wildman–Crippen MR) is 68.1 cm³/mol. The van der Waals surface area contributed by atoms with Gasteiger partial charge in [0, 0.05) is 10.9 Å². The third kappa shape index (κ3) is 2.05. The van der Waals surface area contributed by atoms with Crippen molar-refractivity contribution in [2.75, 3.05) is 7.11 Å². The molecule has 0 amide bonds. The summed E-state index contributed by atoms with van der Waals surface area (Å²) in [6.07, 6.45) is 5.74. The first-order valence-electron chi connectivity index (χ1n) is 6.32. The molecule has 2 aromatic heterocycles. The second-order valence-corrected chi connectivity index (χ2v) is 4.98. The number of rotatable bonds is 4. The number of aromatic nitrogens is 1. The molecule has 0 radical (unpaired) electrons. The minimum atomic E-state index is -0.695. The summed E-state index contributed by atoms with van der Waals surface area (Å²) in [5.41, 5.74) is 1.58. The van der Waals surface area contributed by atoms with E-state index in [2.05, 4.69) is 4.98 Å². The number of hydrogen-bond acceptors (Lipinski definition) is 4. The van der Waals surface area contributed by atoms with Gasteiger partial charge in [-0.2, -0.15) is 0 Å². The molecule has 1 saturated carbocycles. The summed E-state index contributed by atoms with van der Waals surface area (Å²) in [6.45, 7) is 0. The van der Waals surface area contributed by atoms with Crippen LogP contribution >= 0.6 is 0 Å². The Bertz CT molecular complexity index is 619. The molecule has 100 valence electrons. The molecule has 1 aliphatic rings. The Balaban J connectivity index is 1.86. The molecule has 2 aromatic rings. The highest BCUT2D eigenvalue weighted by Crippen LogP contribution is 2.38. The first kappa shape index (κ1) is 12.0. The van der Waals surface area contributed by atoms with E-state index >= 15 is 0 Å². The standard InChI is InChI=1S/C14H15NO4/c1-18-10-5-12-9(7-19-13(12)15-6-10)4-8-2-3-11(8)14(16)17/h5-8,11H,2-4H2,1H3,(H,16,17). The summed E-state index contributed by atoms with van der Waals surface area (Å²) in [4.78, 5) is 15.2. The van der Waals surface area contributed by atoms with Gasteiger partial charge in [0.1, 0.15) is 5.75 Å². The number of carboxylic acids is 1. The Labute approximate surface area is 110 Å². The summed E-state index contributed by atoms with van der Waals surface area (Å²) in [5, 5.41) is 9.98. The number of methoxy groups -OCH3 is 1. The fourth-order valence-corrected chi connectivity index (χ4v) is 2.64. The molecule has 0 aliphatic heterocycles. The zero-order chi connectivity index (χ0) is 13.4. The minimum Gasteiger partial charge on any atom is -0.495 e. The van der Waals surface area contributed by atoms with Gasteiger partial charge in [-0.1, -0.05) is 0 Å². The van der Waals surface area contributed by atoms with Gasteiger partial charge in [-0.05, 0) is 31.2 Å². The third-order valence-electron chi connectivity index (χ3n) is 3.94. The van der Waals surface area contributed by atoms with Crippen LogP contribution in [0.15, 0.2) is 22.9 Å². The van der Waals surface area contributed by atoms with Gasteiger partial charge in [-0.15, -0.1) is 0 Å². The Morgan fingerprint density at radius 3 is 3.05 bits per heavy atom. The van der Waals surface area contributed by atoms with Crippen LogP contribution in [-0.4, -0.2) is 23.2 Å². The van der Waals surface area contributed by atoms with Crippen LogP contribution in [0.4, 0.5) is 0 Å². The summed E-state index contributed by atoms with van der Waals surface area (Å²) in [5.74, 6) is -0.0358. The van der Waals surface area contributed by atoms with Crippen molar-refractivity contribution in [2.45, 2.75) is 19.3 Å². The van der Waals surface area contributed by atoms with Gasteiger partial charge >= 0.3 is 5.97 Å². The number of aliphatic carboxylic acids is 1. The Hall–Kier alpha value is -2.04. The number of nitrogens with zero attached hydrogens (tertiary/aromatic N) is 1. The van der Waals surface area contributed by atoms with Crippen LogP contribution in [0.1, 0.15) is 18.4 Å². The van der Waals surface area contributed by atoms with E-state index in [9.17, 15) is 4.79 Å². The Kier molecular flexibility index (Phi) is 2.89. The van der Waals surface area contributed by atoms with Crippen LogP contribution in [0, 0.1) is 11.8 Å². The number of hydrogen-bond donors (Lipinski definition) is 1. The molecule has 0 bridgehead atoms. The van der Waals surface area contributed by atoms with E-state index in [4.69, 9.17) is 14.3 Å². The molecule has 1 fully saturated rings. The van der Waals surface area contributed by atoms with Crippen molar-refractivity contribution in [1.29, 1.82) is 0 Å². The maximum absolute atomic E-state index is 11.0. The van der Waals surface area contributed by atoms with Crippen LogP contribution in [0.3, 0.4) is 0 Å². The zero-order valence-corrected chi connectivity index (χ0v) is 10.6. The summed E-state index contributed by atoms with van der Waals surface area (Å²) in [7, 11) is 1.59. The first-order valence-corrected chi connectivity index (χ1v) is 6.32. The normalized spacial score (nSPS) is 22.2. The molecular weight excluding hydrogens is 246 g/mol. The van der Waals surface area contributed by atoms with Crippen molar-refractivity contribution >= 4 is 17.1 Å². The van der Waals surface area contributed by atoms with Crippen molar-refractivity contribution in [2.24, 2.45) is 11.8 Å². The largest absolute Gasteiger partial charge is 0.495 e. The fraction of sp³-hybridized carbons (Fsp3) is 0.429. The molecule has 0 aromatic carbocycles. The molecule has 5 nitrogen and oxygen atoms in total. The van der Waals surface area contributed by atoms with E-state index < -0.39 is 5.97 Å². The quantitative estimate of drug-likeness (QED) is 0.915. The van der Waals surface area contributed by atoms with Gasteiger partial charge in [0.05, 0.1) is 25.5 Å². The van der Waals surface area contributed by atoms with Crippen LogP contribution < -0.4 is 4.74 Å². The molecule has 2 heterocycles. The minimum absolute atomic E-state index is 0.199. The molecule has 0 saturated heterocycles. The van der Waals surface area contributed by atoms with E-state index in [1.807, 2.05) is 6.07 Å². The van der Waals surface area contributed by atoms with Gasteiger partial charge in [0.25, 0.3) is 0 Å². The van der Waals surface area contributed by atoms with Gasteiger partial charge in [-0.25, -0.2) is 4.98 Å². The van der Waals surface area contributed by atoms with Gasteiger partial charge in [0.15, 0.2) is 0 Å². The summed E-state index contributed by atoms with van der Waals surface area (Å²) in [6, 6.07) is 1.88. The molecule has 1 N–H and O–H groups in total. The summed E-state index contributed by atoms with van der Waals surface area (Å²) < 4.78 is 10.6. The second kappa shape index (κ2) is 4.57. The highest BCUT2D eigenvalue weighted by molar-refractivity contribution is 5.79. The summed E-state index contributed by atoms with van der Waals surface area (Å²) >= 11 is 0. The maximum atomic E-state index is 11.0. The lowest BCUT2D eigenvalue weighted by Gasteiger charge is -2.33. The Morgan fingerprint density at radius 1 is 1.58 bits per heavy atom. The SMILES string of the molecule is COc1cnc2occ(CC3CCC3C(=O)O)c2c1. The predicted octanol–water partition coefficient (Wildman–Crippen LogP) is 2.49. The number of furan rings is 1. The lowest BCUT2D eigenvalue weighted by atomic mass is 9.71. The van der Waals surface area contributed by atoms with Crippen molar-refractivity contribution in [3.8, 4) is 5.75 Å². The number of carbonyl (C=O) groups is 1. The number of carboxylic acid groups (broad SMARTS) is 1. The smallest absolute Gasteiger partial charge is 0.306 e. The molecule has 2 atom stereocenters. The van der Waals surface area contributed by atoms with Gasteiger partial charge in [0.2, 0.25) is 5.71 Å². The molecule has 19 heavy (non-hydrogen) atoms. The Morgan fingerprint density at radius 2 is 2.42 bits per heavy atom. The fourth-order valence-electron chi connectivity index (χ4n) is 2.64. The maximum Gasteiger partial charge on any atom is 0.306 e. The van der Waals surface area contributed by atoms with Crippen LogP contribution in [-0.2, 0) is 11.2 Å². The lowest BCUT2D eigenvalue weighted by Crippen LogP contribution is -2.34. The van der Waals surface area contributed by atoms with Gasteiger partial charge < -0.3 is 14.3 Å². The second-order valence-electron chi connectivity index (χ2n) is 4.98. The first-order chi connectivity index (χ1) is 9.19. The number of ether oxygens (including phenoxy) is 1. The van der Waals surface area contributed by atoms with E-state index in [1.54, 1.807) is 19.6 Å². The van der Waals surface area contributed by atoms with Crippen molar-refractivity contribution in [3.05, 3.63) is 24.1 Å². The molecule has 1 aliphatic carbocycles. The monoisotopic (exact) mass is 261 g/mol. The van der Waals surface area contributed by atoms with Crippen molar-refractivity contribution in [1.82, 2.24) is 4.98 Å². The van der Waals surface area contributed by atoms with Crippen molar-refractivity contribution < 1.29 is 19.1 Å². The number of pyridine rings is 1. The highest BCUT2D eigenvalue weighted by Gasteiger charge is 2.36. The topological polar surface area (TPSA) is 72.6 Å². The van der Waals surface area contributed by atoms with Crippen LogP contribution in [0.5, 0.6) is 5.75 Å². The molecule has 5 heteroatoms. The third-order valence-corrected chi connectivity index (χ3v) is 3.94.